The normalized spacial score (nSPS) is 18.4. The zero-order valence-electron chi connectivity index (χ0n) is 11.2. The molecule has 3 heterocycles. The summed E-state index contributed by atoms with van der Waals surface area (Å²) in [6.07, 6.45) is 2.05. The van der Waals surface area contributed by atoms with Gasteiger partial charge in [0.2, 0.25) is 5.13 Å². The van der Waals surface area contributed by atoms with Crippen LogP contribution in [-0.2, 0) is 4.74 Å². The Hall–Kier alpha value is -1.38. The number of carbonyl (C=O) groups excluding carboxylic acids is 1. The Morgan fingerprint density at radius 1 is 1.35 bits per heavy atom. The van der Waals surface area contributed by atoms with Crippen molar-refractivity contribution in [2.75, 3.05) is 11.9 Å². The third-order valence-corrected chi connectivity index (χ3v) is 4.98. The van der Waals surface area contributed by atoms with E-state index in [0.717, 1.165) is 35.2 Å². The second-order valence-corrected chi connectivity index (χ2v) is 6.76. The fraction of sp³-hybridized carbons (Fsp3) is 0.500. The molecule has 0 aliphatic carbocycles. The van der Waals surface area contributed by atoms with Crippen LogP contribution in [0.15, 0.2) is 0 Å². The van der Waals surface area contributed by atoms with Gasteiger partial charge in [-0.3, -0.25) is 10.1 Å². The molecule has 20 heavy (non-hydrogen) atoms. The molecule has 0 aromatic carbocycles. The predicted octanol–water partition coefficient (Wildman–Crippen LogP) is 2.72. The number of amides is 1. The number of hydrogen-bond acceptors (Lipinski definition) is 7. The first-order chi connectivity index (χ1) is 9.63. The first-order valence-electron chi connectivity index (χ1n) is 6.34. The van der Waals surface area contributed by atoms with Crippen LogP contribution in [0.25, 0.3) is 0 Å². The highest BCUT2D eigenvalue weighted by molar-refractivity contribution is 7.16. The number of thiazole rings is 1. The standard InChI is InChI=1S/C12H14N4O2S2/c1-6-9(19-7(2)13-6)10(17)14-12-16-15-11(20-12)8-4-3-5-18-8/h8H,3-5H2,1-2H3,(H,14,16,17)/t8-/m1/s1. The van der Waals surface area contributed by atoms with Crippen LogP contribution < -0.4 is 5.32 Å². The fourth-order valence-electron chi connectivity index (χ4n) is 2.08. The molecule has 106 valence electrons. The average molecular weight is 310 g/mol. The van der Waals surface area contributed by atoms with Gasteiger partial charge in [-0.1, -0.05) is 11.3 Å². The van der Waals surface area contributed by atoms with E-state index in [1.807, 2.05) is 13.8 Å². The van der Waals surface area contributed by atoms with Crippen molar-refractivity contribution in [3.8, 4) is 0 Å². The summed E-state index contributed by atoms with van der Waals surface area (Å²) < 4.78 is 5.55. The lowest BCUT2D eigenvalue weighted by atomic mass is 10.2. The summed E-state index contributed by atoms with van der Waals surface area (Å²) in [5.74, 6) is -0.178. The summed E-state index contributed by atoms with van der Waals surface area (Å²) in [6, 6.07) is 0. The summed E-state index contributed by atoms with van der Waals surface area (Å²) in [6.45, 7) is 4.48. The first kappa shape index (κ1) is 13.6. The molecule has 0 spiro atoms. The molecule has 1 amide bonds. The molecule has 1 aliphatic rings. The molecular formula is C12H14N4O2S2. The molecule has 1 N–H and O–H groups in total. The van der Waals surface area contributed by atoms with Crippen molar-refractivity contribution in [2.24, 2.45) is 0 Å². The van der Waals surface area contributed by atoms with E-state index in [2.05, 4.69) is 20.5 Å². The van der Waals surface area contributed by atoms with Crippen molar-refractivity contribution in [3.63, 3.8) is 0 Å². The van der Waals surface area contributed by atoms with Crippen molar-refractivity contribution < 1.29 is 9.53 Å². The van der Waals surface area contributed by atoms with Crippen molar-refractivity contribution in [1.29, 1.82) is 0 Å². The number of carbonyl (C=O) groups is 1. The largest absolute Gasteiger partial charge is 0.371 e. The van der Waals surface area contributed by atoms with Gasteiger partial charge in [-0.2, -0.15) is 0 Å². The van der Waals surface area contributed by atoms with E-state index >= 15 is 0 Å². The maximum Gasteiger partial charge on any atom is 0.269 e. The van der Waals surface area contributed by atoms with Crippen LogP contribution in [0.1, 0.15) is 44.3 Å². The van der Waals surface area contributed by atoms with E-state index in [1.54, 1.807) is 0 Å². The Balaban J connectivity index is 1.71. The van der Waals surface area contributed by atoms with E-state index in [-0.39, 0.29) is 12.0 Å². The van der Waals surface area contributed by atoms with E-state index < -0.39 is 0 Å². The molecule has 1 aliphatic heterocycles. The summed E-state index contributed by atoms with van der Waals surface area (Å²) in [5, 5.41) is 13.1. The minimum atomic E-state index is -0.178. The number of anilines is 1. The molecule has 8 heteroatoms. The van der Waals surface area contributed by atoms with Crippen molar-refractivity contribution in [3.05, 3.63) is 20.6 Å². The smallest absolute Gasteiger partial charge is 0.269 e. The monoisotopic (exact) mass is 310 g/mol. The predicted molar refractivity (Wildman–Crippen MR) is 77.4 cm³/mol. The zero-order chi connectivity index (χ0) is 14.1. The average Bonchev–Trinajstić information content (AvgIpc) is 3.09. The van der Waals surface area contributed by atoms with Crippen molar-refractivity contribution in [1.82, 2.24) is 15.2 Å². The lowest BCUT2D eigenvalue weighted by Gasteiger charge is -2.02. The van der Waals surface area contributed by atoms with Crippen LogP contribution >= 0.6 is 22.7 Å². The minimum absolute atomic E-state index is 0.0329. The Kier molecular flexibility index (Phi) is 3.77. The topological polar surface area (TPSA) is 77.0 Å². The maximum absolute atomic E-state index is 12.1. The van der Waals surface area contributed by atoms with Crippen LogP contribution in [0.2, 0.25) is 0 Å². The van der Waals surface area contributed by atoms with Crippen LogP contribution in [0.3, 0.4) is 0 Å². The van der Waals surface area contributed by atoms with Crippen LogP contribution in [0.5, 0.6) is 0 Å². The van der Waals surface area contributed by atoms with Gasteiger partial charge in [0, 0.05) is 6.61 Å². The van der Waals surface area contributed by atoms with Crippen molar-refractivity contribution >= 4 is 33.7 Å². The number of nitrogens with zero attached hydrogens (tertiary/aromatic N) is 3. The SMILES string of the molecule is Cc1nc(C)c(C(=O)Nc2nnc([C@H]3CCCO3)s2)s1. The van der Waals surface area contributed by atoms with Gasteiger partial charge in [0.15, 0.2) is 0 Å². The van der Waals surface area contributed by atoms with Gasteiger partial charge in [-0.15, -0.1) is 21.5 Å². The lowest BCUT2D eigenvalue weighted by Crippen LogP contribution is -2.11. The van der Waals surface area contributed by atoms with Gasteiger partial charge in [0.1, 0.15) is 16.0 Å². The number of aromatic nitrogens is 3. The Morgan fingerprint density at radius 3 is 2.85 bits per heavy atom. The van der Waals surface area contributed by atoms with Gasteiger partial charge in [-0.25, -0.2) is 4.98 Å². The number of ether oxygens (including phenoxy) is 1. The second kappa shape index (κ2) is 5.55. The van der Waals surface area contributed by atoms with Gasteiger partial charge in [0.25, 0.3) is 5.91 Å². The molecule has 0 saturated carbocycles. The van der Waals surface area contributed by atoms with Crippen molar-refractivity contribution in [2.45, 2.75) is 32.8 Å². The Morgan fingerprint density at radius 2 is 2.20 bits per heavy atom. The van der Waals surface area contributed by atoms with Gasteiger partial charge < -0.3 is 4.74 Å². The first-order valence-corrected chi connectivity index (χ1v) is 7.97. The van der Waals surface area contributed by atoms with Gasteiger partial charge in [-0.05, 0) is 26.7 Å². The molecule has 6 nitrogen and oxygen atoms in total. The highest BCUT2D eigenvalue weighted by Crippen LogP contribution is 2.32. The summed E-state index contributed by atoms with van der Waals surface area (Å²) in [4.78, 5) is 17.0. The van der Waals surface area contributed by atoms with Gasteiger partial charge in [0.05, 0.1) is 10.7 Å². The van der Waals surface area contributed by atoms with Crippen LogP contribution in [-0.4, -0.2) is 27.7 Å². The number of nitrogens with one attached hydrogen (secondary N) is 1. The Labute approximate surface area is 124 Å². The molecular weight excluding hydrogens is 296 g/mol. The third-order valence-electron chi connectivity index (χ3n) is 2.98. The highest BCUT2D eigenvalue weighted by atomic mass is 32.1. The molecule has 3 rings (SSSR count). The molecule has 1 atom stereocenters. The van der Waals surface area contributed by atoms with Crippen LogP contribution in [0, 0.1) is 13.8 Å². The number of aryl methyl sites for hydroxylation is 2. The summed E-state index contributed by atoms with van der Waals surface area (Å²) >= 11 is 2.75. The molecule has 1 saturated heterocycles. The van der Waals surface area contributed by atoms with E-state index in [4.69, 9.17) is 4.74 Å². The van der Waals surface area contributed by atoms with Crippen LogP contribution in [0.4, 0.5) is 5.13 Å². The molecule has 0 bridgehead atoms. The number of hydrogen-bond donors (Lipinski definition) is 1. The molecule has 0 unspecified atom stereocenters. The lowest BCUT2D eigenvalue weighted by molar-refractivity contribution is 0.102. The molecule has 2 aromatic rings. The molecule has 2 aromatic heterocycles. The maximum atomic E-state index is 12.1. The quantitative estimate of drug-likeness (QED) is 0.943. The van der Waals surface area contributed by atoms with E-state index in [0.29, 0.717) is 10.0 Å². The highest BCUT2D eigenvalue weighted by Gasteiger charge is 2.23. The van der Waals surface area contributed by atoms with E-state index in [1.165, 1.54) is 22.7 Å². The number of rotatable bonds is 3. The summed E-state index contributed by atoms with van der Waals surface area (Å²) in [7, 11) is 0. The third kappa shape index (κ3) is 2.72. The Bertz CT molecular complexity index is 631. The van der Waals surface area contributed by atoms with E-state index in [9.17, 15) is 4.79 Å². The fourth-order valence-corrected chi connectivity index (χ4v) is 3.72. The zero-order valence-corrected chi connectivity index (χ0v) is 12.8. The molecule has 0 radical (unpaired) electrons. The molecule has 1 fully saturated rings. The minimum Gasteiger partial charge on any atom is -0.371 e. The van der Waals surface area contributed by atoms with Gasteiger partial charge >= 0.3 is 0 Å². The summed E-state index contributed by atoms with van der Waals surface area (Å²) in [5.41, 5.74) is 0.744. The second-order valence-electron chi connectivity index (χ2n) is 4.55.